The van der Waals surface area contributed by atoms with Gasteiger partial charge in [0.05, 0.1) is 17.8 Å². The Bertz CT molecular complexity index is 772. The monoisotopic (exact) mass is 280 g/mol. The Morgan fingerprint density at radius 3 is 2.57 bits per heavy atom. The Hall–Kier alpha value is -2.75. The van der Waals surface area contributed by atoms with Crippen molar-refractivity contribution in [1.29, 1.82) is 0 Å². The number of rotatable bonds is 4. The fourth-order valence-electron chi connectivity index (χ4n) is 2.19. The molecule has 2 aromatic carbocycles. The third-order valence-corrected chi connectivity index (χ3v) is 3.13. The molecule has 0 fully saturated rings. The molecular formula is C17H16N2O2. The summed E-state index contributed by atoms with van der Waals surface area (Å²) < 4.78 is 11.6. The van der Waals surface area contributed by atoms with E-state index in [0.29, 0.717) is 29.5 Å². The van der Waals surface area contributed by atoms with Crippen LogP contribution in [0.15, 0.2) is 54.7 Å². The van der Waals surface area contributed by atoms with Gasteiger partial charge in [-0.05, 0) is 43.3 Å². The maximum Gasteiger partial charge on any atom is 0.169 e. The Labute approximate surface area is 123 Å². The van der Waals surface area contributed by atoms with Crippen molar-refractivity contribution in [3.05, 3.63) is 54.7 Å². The molecule has 4 nitrogen and oxygen atoms in total. The molecule has 1 heterocycles. The number of aromatic nitrogens is 1. The molecule has 0 amide bonds. The summed E-state index contributed by atoms with van der Waals surface area (Å²) in [6, 6.07) is 15.0. The molecule has 0 aliphatic heterocycles. The Morgan fingerprint density at radius 1 is 0.952 bits per heavy atom. The van der Waals surface area contributed by atoms with Crippen molar-refractivity contribution in [3.63, 3.8) is 0 Å². The fraction of sp³-hybridized carbons (Fsp3) is 0.118. The van der Waals surface area contributed by atoms with E-state index in [1.807, 2.05) is 49.4 Å². The summed E-state index contributed by atoms with van der Waals surface area (Å²) in [7, 11) is 0. The van der Waals surface area contributed by atoms with Crippen LogP contribution in [0.2, 0.25) is 0 Å². The molecule has 3 aromatic rings. The molecule has 106 valence electrons. The SMILES string of the molecule is CCOc1ccccc1Oc1ccc(N)c2ncccc12. The summed E-state index contributed by atoms with van der Waals surface area (Å²) in [6.45, 7) is 2.53. The molecule has 0 aliphatic rings. The number of para-hydroxylation sites is 2. The smallest absolute Gasteiger partial charge is 0.169 e. The van der Waals surface area contributed by atoms with Crippen molar-refractivity contribution in [2.45, 2.75) is 6.92 Å². The molecule has 0 radical (unpaired) electrons. The summed E-state index contributed by atoms with van der Waals surface area (Å²) >= 11 is 0. The standard InChI is InChI=1S/C17H16N2O2/c1-2-20-15-7-3-4-8-16(15)21-14-10-9-13(18)17-12(14)6-5-11-19-17/h3-11H,2,18H2,1H3. The zero-order valence-electron chi connectivity index (χ0n) is 11.7. The quantitative estimate of drug-likeness (QED) is 0.734. The second kappa shape index (κ2) is 5.71. The van der Waals surface area contributed by atoms with Gasteiger partial charge in [-0.2, -0.15) is 0 Å². The van der Waals surface area contributed by atoms with Crippen molar-refractivity contribution < 1.29 is 9.47 Å². The number of nitrogen functional groups attached to an aromatic ring is 1. The van der Waals surface area contributed by atoms with E-state index in [-0.39, 0.29) is 0 Å². The lowest BCUT2D eigenvalue weighted by atomic mass is 10.1. The molecular weight excluding hydrogens is 264 g/mol. The van der Waals surface area contributed by atoms with Gasteiger partial charge in [0.25, 0.3) is 0 Å². The average molecular weight is 280 g/mol. The summed E-state index contributed by atoms with van der Waals surface area (Å²) in [6.07, 6.45) is 1.72. The minimum atomic E-state index is 0.588. The van der Waals surface area contributed by atoms with Crippen LogP contribution in [-0.4, -0.2) is 11.6 Å². The zero-order valence-corrected chi connectivity index (χ0v) is 11.7. The zero-order chi connectivity index (χ0) is 14.7. The van der Waals surface area contributed by atoms with Crippen LogP contribution in [0, 0.1) is 0 Å². The van der Waals surface area contributed by atoms with Gasteiger partial charge in [-0.25, -0.2) is 0 Å². The third-order valence-electron chi connectivity index (χ3n) is 3.13. The molecule has 21 heavy (non-hydrogen) atoms. The highest BCUT2D eigenvalue weighted by atomic mass is 16.5. The van der Waals surface area contributed by atoms with E-state index in [2.05, 4.69) is 4.98 Å². The Kier molecular flexibility index (Phi) is 3.60. The first-order valence-electron chi connectivity index (χ1n) is 6.82. The second-order valence-electron chi connectivity index (χ2n) is 4.53. The molecule has 0 unspecified atom stereocenters. The lowest BCUT2D eigenvalue weighted by Gasteiger charge is -2.13. The van der Waals surface area contributed by atoms with Crippen molar-refractivity contribution in [1.82, 2.24) is 4.98 Å². The number of pyridine rings is 1. The maximum atomic E-state index is 6.01. The van der Waals surface area contributed by atoms with Crippen LogP contribution in [-0.2, 0) is 0 Å². The summed E-state index contributed by atoms with van der Waals surface area (Å²) in [4.78, 5) is 4.31. The topological polar surface area (TPSA) is 57.4 Å². The van der Waals surface area contributed by atoms with Crippen LogP contribution >= 0.6 is 0 Å². The molecule has 2 N–H and O–H groups in total. The second-order valence-corrected chi connectivity index (χ2v) is 4.53. The molecule has 0 saturated carbocycles. The molecule has 0 atom stereocenters. The predicted octanol–water partition coefficient (Wildman–Crippen LogP) is 4.01. The minimum Gasteiger partial charge on any atom is -0.490 e. The van der Waals surface area contributed by atoms with Gasteiger partial charge in [0.2, 0.25) is 0 Å². The van der Waals surface area contributed by atoms with E-state index >= 15 is 0 Å². The molecule has 0 bridgehead atoms. The van der Waals surface area contributed by atoms with Gasteiger partial charge in [-0.1, -0.05) is 12.1 Å². The van der Waals surface area contributed by atoms with Crippen LogP contribution in [0.25, 0.3) is 10.9 Å². The largest absolute Gasteiger partial charge is 0.490 e. The number of ether oxygens (including phenoxy) is 2. The molecule has 0 spiro atoms. The highest BCUT2D eigenvalue weighted by Gasteiger charge is 2.10. The van der Waals surface area contributed by atoms with E-state index in [1.165, 1.54) is 0 Å². The van der Waals surface area contributed by atoms with Crippen LogP contribution in [0.3, 0.4) is 0 Å². The van der Waals surface area contributed by atoms with E-state index in [4.69, 9.17) is 15.2 Å². The molecule has 3 rings (SSSR count). The van der Waals surface area contributed by atoms with E-state index in [0.717, 1.165) is 10.9 Å². The first kappa shape index (κ1) is 13.2. The van der Waals surface area contributed by atoms with Gasteiger partial charge >= 0.3 is 0 Å². The van der Waals surface area contributed by atoms with Gasteiger partial charge in [-0.3, -0.25) is 4.98 Å². The number of nitrogens with two attached hydrogens (primary N) is 1. The average Bonchev–Trinajstić information content (AvgIpc) is 2.52. The Morgan fingerprint density at radius 2 is 1.76 bits per heavy atom. The lowest BCUT2D eigenvalue weighted by Crippen LogP contribution is -1.96. The van der Waals surface area contributed by atoms with Crippen molar-refractivity contribution >= 4 is 16.6 Å². The number of nitrogens with zero attached hydrogens (tertiary/aromatic N) is 1. The van der Waals surface area contributed by atoms with Crippen LogP contribution in [0.5, 0.6) is 17.2 Å². The normalized spacial score (nSPS) is 10.5. The third kappa shape index (κ3) is 2.60. The van der Waals surface area contributed by atoms with Gasteiger partial charge < -0.3 is 15.2 Å². The number of anilines is 1. The number of hydrogen-bond donors (Lipinski definition) is 1. The highest BCUT2D eigenvalue weighted by molar-refractivity contribution is 5.93. The highest BCUT2D eigenvalue weighted by Crippen LogP contribution is 2.36. The van der Waals surface area contributed by atoms with E-state index < -0.39 is 0 Å². The predicted molar refractivity (Wildman–Crippen MR) is 83.8 cm³/mol. The van der Waals surface area contributed by atoms with E-state index in [1.54, 1.807) is 12.3 Å². The van der Waals surface area contributed by atoms with Crippen LogP contribution in [0.1, 0.15) is 6.92 Å². The summed E-state index contributed by atoms with van der Waals surface area (Å²) in [5, 5.41) is 0.879. The van der Waals surface area contributed by atoms with Gasteiger partial charge in [0.15, 0.2) is 11.5 Å². The molecule has 1 aromatic heterocycles. The van der Waals surface area contributed by atoms with E-state index in [9.17, 15) is 0 Å². The van der Waals surface area contributed by atoms with Crippen molar-refractivity contribution in [3.8, 4) is 17.2 Å². The Balaban J connectivity index is 2.05. The molecule has 0 saturated heterocycles. The van der Waals surface area contributed by atoms with Crippen molar-refractivity contribution in [2.75, 3.05) is 12.3 Å². The van der Waals surface area contributed by atoms with Gasteiger partial charge in [0, 0.05) is 11.6 Å². The first-order chi connectivity index (χ1) is 10.3. The van der Waals surface area contributed by atoms with Gasteiger partial charge in [-0.15, -0.1) is 0 Å². The summed E-state index contributed by atoms with van der Waals surface area (Å²) in [5.41, 5.74) is 7.33. The first-order valence-corrected chi connectivity index (χ1v) is 6.82. The van der Waals surface area contributed by atoms with Crippen LogP contribution in [0.4, 0.5) is 5.69 Å². The molecule has 0 aliphatic carbocycles. The lowest BCUT2D eigenvalue weighted by molar-refractivity contribution is 0.322. The minimum absolute atomic E-state index is 0.588. The van der Waals surface area contributed by atoms with Crippen molar-refractivity contribution in [2.24, 2.45) is 0 Å². The number of fused-ring (bicyclic) bond motifs is 1. The summed E-state index contributed by atoms with van der Waals surface area (Å²) in [5.74, 6) is 2.10. The van der Waals surface area contributed by atoms with Gasteiger partial charge in [0.1, 0.15) is 5.75 Å². The maximum absolute atomic E-state index is 6.01. The van der Waals surface area contributed by atoms with Crippen LogP contribution < -0.4 is 15.2 Å². The number of benzene rings is 2. The molecule has 4 heteroatoms. The number of hydrogen-bond acceptors (Lipinski definition) is 4. The fourth-order valence-corrected chi connectivity index (χ4v) is 2.19.